The van der Waals surface area contributed by atoms with Gasteiger partial charge in [-0.15, -0.1) is 6.42 Å². The zero-order chi connectivity index (χ0) is 10.4. The van der Waals surface area contributed by atoms with E-state index in [1.165, 1.54) is 18.4 Å². The van der Waals surface area contributed by atoms with Crippen molar-refractivity contribution < 1.29 is 0 Å². The van der Waals surface area contributed by atoms with E-state index in [2.05, 4.69) is 29.6 Å². The smallest absolute Gasteiger partial charge is 0.0598 e. The van der Waals surface area contributed by atoms with Crippen LogP contribution < -0.4 is 5.32 Å². The van der Waals surface area contributed by atoms with E-state index >= 15 is 0 Å². The van der Waals surface area contributed by atoms with Crippen molar-refractivity contribution in [2.24, 2.45) is 0 Å². The fourth-order valence-electron chi connectivity index (χ4n) is 1.74. The molecular formula is C12H20N2. The third-order valence-corrected chi connectivity index (χ3v) is 2.59. The van der Waals surface area contributed by atoms with Gasteiger partial charge in [-0.3, -0.25) is 4.90 Å². The molecule has 1 N–H and O–H groups in total. The molecule has 0 aromatic rings. The van der Waals surface area contributed by atoms with E-state index in [-0.39, 0.29) is 0 Å². The van der Waals surface area contributed by atoms with E-state index in [0.717, 1.165) is 26.2 Å². The van der Waals surface area contributed by atoms with Crippen molar-refractivity contribution in [3.8, 4) is 12.3 Å². The predicted molar refractivity (Wildman–Crippen MR) is 61.1 cm³/mol. The quantitative estimate of drug-likeness (QED) is 0.533. The van der Waals surface area contributed by atoms with Gasteiger partial charge in [0.2, 0.25) is 0 Å². The second-order valence-electron chi connectivity index (χ2n) is 4.09. The summed E-state index contributed by atoms with van der Waals surface area (Å²) >= 11 is 0. The van der Waals surface area contributed by atoms with Crippen LogP contribution in [0.3, 0.4) is 0 Å². The topological polar surface area (TPSA) is 15.3 Å². The minimum Gasteiger partial charge on any atom is -0.310 e. The first-order valence-electron chi connectivity index (χ1n) is 5.26. The molecule has 0 unspecified atom stereocenters. The molecule has 1 aliphatic heterocycles. The Kier molecular flexibility index (Phi) is 4.72. The highest BCUT2D eigenvalue weighted by atomic mass is 15.1. The van der Waals surface area contributed by atoms with Crippen LogP contribution in [0, 0.1) is 12.3 Å². The lowest BCUT2D eigenvalue weighted by Gasteiger charge is -2.31. The highest BCUT2D eigenvalue weighted by Gasteiger charge is 2.17. The zero-order valence-electron chi connectivity index (χ0n) is 9.05. The third kappa shape index (κ3) is 3.95. The van der Waals surface area contributed by atoms with Crippen molar-refractivity contribution in [3.05, 3.63) is 12.2 Å². The van der Waals surface area contributed by atoms with Crippen molar-refractivity contribution in [1.29, 1.82) is 0 Å². The molecule has 78 valence electrons. The Labute approximate surface area is 87.4 Å². The van der Waals surface area contributed by atoms with Crippen molar-refractivity contribution in [3.63, 3.8) is 0 Å². The fourth-order valence-corrected chi connectivity index (χ4v) is 1.74. The van der Waals surface area contributed by atoms with Gasteiger partial charge in [0.1, 0.15) is 0 Å². The highest BCUT2D eigenvalue weighted by molar-refractivity contribution is 4.94. The molecule has 1 rings (SSSR count). The van der Waals surface area contributed by atoms with Crippen molar-refractivity contribution in [2.45, 2.75) is 25.8 Å². The number of piperidine rings is 1. The Morgan fingerprint density at radius 2 is 2.21 bits per heavy atom. The summed E-state index contributed by atoms with van der Waals surface area (Å²) in [6.45, 7) is 9.93. The van der Waals surface area contributed by atoms with E-state index in [1.807, 2.05) is 0 Å². The monoisotopic (exact) mass is 192 g/mol. The summed E-state index contributed by atoms with van der Waals surface area (Å²) < 4.78 is 0. The van der Waals surface area contributed by atoms with Gasteiger partial charge in [-0.05, 0) is 19.8 Å². The van der Waals surface area contributed by atoms with E-state index < -0.39 is 0 Å². The molecular weight excluding hydrogens is 172 g/mol. The molecule has 2 nitrogen and oxygen atoms in total. The molecule has 0 bridgehead atoms. The van der Waals surface area contributed by atoms with Gasteiger partial charge in [0, 0.05) is 25.7 Å². The molecule has 0 spiro atoms. The Hall–Kier alpha value is -0.780. The number of nitrogens with one attached hydrogen (secondary N) is 1. The first-order valence-corrected chi connectivity index (χ1v) is 5.26. The van der Waals surface area contributed by atoms with Crippen LogP contribution in [-0.4, -0.2) is 37.1 Å². The molecule has 0 radical (unpaired) electrons. The standard InChI is InChI=1S/C12H20N2/c1-4-7-14-8-5-12(6-9-14)13-10-11(2)3/h1,12-13H,2,5-10H2,3H3. The highest BCUT2D eigenvalue weighted by Crippen LogP contribution is 2.09. The van der Waals surface area contributed by atoms with Gasteiger partial charge in [-0.2, -0.15) is 0 Å². The van der Waals surface area contributed by atoms with Crippen molar-refractivity contribution >= 4 is 0 Å². The molecule has 0 aromatic heterocycles. The molecule has 1 aliphatic rings. The summed E-state index contributed by atoms with van der Waals surface area (Å²) in [6, 6.07) is 0.653. The molecule has 0 atom stereocenters. The van der Waals surface area contributed by atoms with Crippen LogP contribution in [0.5, 0.6) is 0 Å². The van der Waals surface area contributed by atoms with Crippen molar-refractivity contribution in [1.82, 2.24) is 10.2 Å². The number of nitrogens with zero attached hydrogens (tertiary/aromatic N) is 1. The Balaban J connectivity index is 2.16. The summed E-state index contributed by atoms with van der Waals surface area (Å²) in [5.41, 5.74) is 1.20. The first kappa shape index (κ1) is 11.3. The lowest BCUT2D eigenvalue weighted by atomic mass is 10.0. The molecule has 0 aromatic carbocycles. The summed E-state index contributed by atoms with van der Waals surface area (Å²) in [5.74, 6) is 2.69. The normalized spacial score (nSPS) is 19.1. The van der Waals surface area contributed by atoms with Crippen LogP contribution in [0.1, 0.15) is 19.8 Å². The molecule has 1 heterocycles. The predicted octanol–water partition coefficient (Wildman–Crippen LogP) is 1.25. The number of hydrogen-bond acceptors (Lipinski definition) is 2. The number of terminal acetylenes is 1. The van der Waals surface area contributed by atoms with Gasteiger partial charge >= 0.3 is 0 Å². The number of hydrogen-bond donors (Lipinski definition) is 1. The van der Waals surface area contributed by atoms with E-state index in [1.54, 1.807) is 0 Å². The Bertz CT molecular complexity index is 219. The summed E-state index contributed by atoms with van der Waals surface area (Å²) in [4.78, 5) is 2.33. The van der Waals surface area contributed by atoms with Gasteiger partial charge < -0.3 is 5.32 Å². The maximum absolute atomic E-state index is 5.27. The molecule has 0 saturated carbocycles. The number of rotatable bonds is 4. The van der Waals surface area contributed by atoms with E-state index in [0.29, 0.717) is 6.04 Å². The van der Waals surface area contributed by atoms with Crippen LogP contribution in [-0.2, 0) is 0 Å². The van der Waals surface area contributed by atoms with Crippen LogP contribution in [0.25, 0.3) is 0 Å². The second kappa shape index (κ2) is 5.85. The van der Waals surface area contributed by atoms with Crippen LogP contribution in [0.15, 0.2) is 12.2 Å². The van der Waals surface area contributed by atoms with Gasteiger partial charge in [0.05, 0.1) is 6.54 Å². The molecule has 0 amide bonds. The Morgan fingerprint density at radius 3 is 2.71 bits per heavy atom. The second-order valence-corrected chi connectivity index (χ2v) is 4.09. The zero-order valence-corrected chi connectivity index (χ0v) is 9.05. The average molecular weight is 192 g/mol. The van der Waals surface area contributed by atoms with Crippen LogP contribution in [0.4, 0.5) is 0 Å². The van der Waals surface area contributed by atoms with Gasteiger partial charge in [-0.1, -0.05) is 18.1 Å². The average Bonchev–Trinajstić information content (AvgIpc) is 2.17. The molecule has 1 fully saturated rings. The third-order valence-electron chi connectivity index (χ3n) is 2.59. The SMILES string of the molecule is C#CCN1CCC(NCC(=C)C)CC1. The fraction of sp³-hybridized carbons (Fsp3) is 0.667. The lowest BCUT2D eigenvalue weighted by molar-refractivity contribution is 0.220. The summed E-state index contributed by atoms with van der Waals surface area (Å²) in [7, 11) is 0. The lowest BCUT2D eigenvalue weighted by Crippen LogP contribution is -2.42. The van der Waals surface area contributed by atoms with E-state index in [4.69, 9.17) is 6.42 Å². The minimum atomic E-state index is 0.653. The molecule has 1 saturated heterocycles. The maximum Gasteiger partial charge on any atom is 0.0598 e. The largest absolute Gasteiger partial charge is 0.310 e. The number of likely N-dealkylation sites (tertiary alicyclic amines) is 1. The van der Waals surface area contributed by atoms with Gasteiger partial charge in [-0.25, -0.2) is 0 Å². The minimum absolute atomic E-state index is 0.653. The summed E-state index contributed by atoms with van der Waals surface area (Å²) in [5, 5.41) is 3.51. The van der Waals surface area contributed by atoms with Crippen molar-refractivity contribution in [2.75, 3.05) is 26.2 Å². The molecule has 14 heavy (non-hydrogen) atoms. The van der Waals surface area contributed by atoms with Crippen LogP contribution >= 0.6 is 0 Å². The van der Waals surface area contributed by atoms with Gasteiger partial charge in [0.25, 0.3) is 0 Å². The van der Waals surface area contributed by atoms with Crippen LogP contribution in [0.2, 0.25) is 0 Å². The molecule has 2 heteroatoms. The van der Waals surface area contributed by atoms with Gasteiger partial charge in [0.15, 0.2) is 0 Å². The Morgan fingerprint density at radius 1 is 1.57 bits per heavy atom. The summed E-state index contributed by atoms with van der Waals surface area (Å²) in [6.07, 6.45) is 7.68. The first-order chi connectivity index (χ1) is 6.72. The molecule has 0 aliphatic carbocycles. The maximum atomic E-state index is 5.27. The van der Waals surface area contributed by atoms with E-state index in [9.17, 15) is 0 Å².